The molecule has 1 fully saturated rings. The third kappa shape index (κ3) is 4.94. The Morgan fingerprint density at radius 1 is 1.22 bits per heavy atom. The van der Waals surface area contributed by atoms with Crippen molar-refractivity contribution >= 4 is 15.7 Å². The number of hydrogen-bond donors (Lipinski definition) is 0. The summed E-state index contributed by atoms with van der Waals surface area (Å²) in [6.07, 6.45) is 3.98. The van der Waals surface area contributed by atoms with Crippen LogP contribution in [0, 0.1) is 0 Å². The molecule has 0 radical (unpaired) electrons. The van der Waals surface area contributed by atoms with E-state index < -0.39 is 15.6 Å². The highest BCUT2D eigenvalue weighted by Crippen LogP contribution is 2.30. The van der Waals surface area contributed by atoms with Crippen molar-refractivity contribution in [1.29, 1.82) is 0 Å². The van der Waals surface area contributed by atoms with Crippen LogP contribution in [-0.4, -0.2) is 47.4 Å². The molecular formula is C19H25N3O4S. The molecule has 3 rings (SSSR count). The molecule has 0 saturated carbocycles. The number of benzene rings is 1. The number of carbonyl (C=O) groups is 1. The fraction of sp³-hybridized carbons (Fsp3) is 0.526. The molecule has 2 heterocycles. The summed E-state index contributed by atoms with van der Waals surface area (Å²) in [5, 5.41) is 4.09. The SMILES string of the molecule is CCCS(=O)(=O)CC(=O)N1CCCCC[C@@H]1c1noc(-c2ccccc2)n1. The lowest BCUT2D eigenvalue weighted by Gasteiger charge is -2.27. The molecule has 8 heteroatoms. The van der Waals surface area contributed by atoms with Crippen molar-refractivity contribution in [3.63, 3.8) is 0 Å². The highest BCUT2D eigenvalue weighted by molar-refractivity contribution is 7.92. The second kappa shape index (κ2) is 8.65. The summed E-state index contributed by atoms with van der Waals surface area (Å²) in [7, 11) is -3.39. The summed E-state index contributed by atoms with van der Waals surface area (Å²) in [4.78, 5) is 18.9. The summed E-state index contributed by atoms with van der Waals surface area (Å²) in [6, 6.07) is 9.09. The number of carbonyl (C=O) groups excluding carboxylic acids is 1. The zero-order valence-electron chi connectivity index (χ0n) is 15.5. The maximum atomic E-state index is 12.8. The lowest BCUT2D eigenvalue weighted by molar-refractivity contribution is -0.131. The van der Waals surface area contributed by atoms with Crippen molar-refractivity contribution < 1.29 is 17.7 Å². The van der Waals surface area contributed by atoms with E-state index in [0.717, 1.165) is 24.8 Å². The highest BCUT2D eigenvalue weighted by Gasteiger charge is 2.32. The second-order valence-corrected chi connectivity index (χ2v) is 9.05. The topological polar surface area (TPSA) is 93.4 Å². The molecule has 27 heavy (non-hydrogen) atoms. The van der Waals surface area contributed by atoms with Gasteiger partial charge < -0.3 is 9.42 Å². The normalized spacial score (nSPS) is 18.3. The largest absolute Gasteiger partial charge is 0.334 e. The summed E-state index contributed by atoms with van der Waals surface area (Å²) in [5.74, 6) is 0.0393. The molecule has 146 valence electrons. The molecule has 0 N–H and O–H groups in total. The van der Waals surface area contributed by atoms with E-state index in [1.807, 2.05) is 30.3 Å². The molecule has 0 bridgehead atoms. The van der Waals surface area contributed by atoms with E-state index in [2.05, 4.69) is 10.1 Å². The van der Waals surface area contributed by atoms with Gasteiger partial charge in [0.05, 0.1) is 11.8 Å². The maximum absolute atomic E-state index is 12.8. The van der Waals surface area contributed by atoms with Gasteiger partial charge in [0.2, 0.25) is 5.91 Å². The van der Waals surface area contributed by atoms with Gasteiger partial charge in [0.1, 0.15) is 5.75 Å². The number of nitrogens with zero attached hydrogens (tertiary/aromatic N) is 3. The van der Waals surface area contributed by atoms with Crippen molar-refractivity contribution in [1.82, 2.24) is 15.0 Å². The molecule has 2 aromatic rings. The summed E-state index contributed by atoms with van der Waals surface area (Å²) in [6.45, 7) is 2.31. The first kappa shape index (κ1) is 19.5. The monoisotopic (exact) mass is 391 g/mol. The van der Waals surface area contributed by atoms with Gasteiger partial charge in [-0.05, 0) is 31.4 Å². The van der Waals surface area contributed by atoms with Gasteiger partial charge in [0.15, 0.2) is 15.7 Å². The first-order valence-corrected chi connectivity index (χ1v) is 11.2. The van der Waals surface area contributed by atoms with Crippen LogP contribution in [0.25, 0.3) is 11.5 Å². The Morgan fingerprint density at radius 2 is 2.00 bits per heavy atom. The van der Waals surface area contributed by atoms with E-state index in [4.69, 9.17) is 4.52 Å². The number of hydrogen-bond acceptors (Lipinski definition) is 6. The summed E-state index contributed by atoms with van der Waals surface area (Å²) in [5.41, 5.74) is 0.813. The third-order valence-corrected chi connectivity index (χ3v) is 6.41. The van der Waals surface area contributed by atoms with Crippen LogP contribution >= 0.6 is 0 Å². The van der Waals surface area contributed by atoms with Gasteiger partial charge in [-0.3, -0.25) is 4.79 Å². The Kier molecular flexibility index (Phi) is 6.26. The van der Waals surface area contributed by atoms with Crippen LogP contribution in [0.4, 0.5) is 0 Å². The minimum Gasteiger partial charge on any atom is -0.334 e. The van der Waals surface area contributed by atoms with Gasteiger partial charge in [-0.1, -0.05) is 43.1 Å². The van der Waals surface area contributed by atoms with Gasteiger partial charge in [0, 0.05) is 12.1 Å². The van der Waals surface area contributed by atoms with Crippen LogP contribution in [0.1, 0.15) is 50.9 Å². The van der Waals surface area contributed by atoms with E-state index in [1.165, 1.54) is 0 Å². The predicted octanol–water partition coefficient (Wildman–Crippen LogP) is 3.01. The van der Waals surface area contributed by atoms with Gasteiger partial charge in [-0.15, -0.1) is 0 Å². The van der Waals surface area contributed by atoms with Crippen LogP contribution < -0.4 is 0 Å². The van der Waals surface area contributed by atoms with E-state index in [1.54, 1.807) is 11.8 Å². The van der Waals surface area contributed by atoms with E-state index >= 15 is 0 Å². The van der Waals surface area contributed by atoms with E-state index in [9.17, 15) is 13.2 Å². The van der Waals surface area contributed by atoms with Crippen molar-refractivity contribution in [2.75, 3.05) is 18.1 Å². The van der Waals surface area contributed by atoms with Crippen molar-refractivity contribution in [2.24, 2.45) is 0 Å². The average molecular weight is 391 g/mol. The Hall–Kier alpha value is -2.22. The number of amides is 1. The Labute approximate surface area is 159 Å². The molecule has 1 atom stereocenters. The second-order valence-electron chi connectivity index (χ2n) is 6.87. The molecule has 0 spiro atoms. The summed E-state index contributed by atoms with van der Waals surface area (Å²) >= 11 is 0. The van der Waals surface area contributed by atoms with Gasteiger partial charge in [0.25, 0.3) is 5.89 Å². The lowest BCUT2D eigenvalue weighted by atomic mass is 10.1. The van der Waals surface area contributed by atoms with Crippen LogP contribution in [0.5, 0.6) is 0 Å². The summed E-state index contributed by atoms with van der Waals surface area (Å²) < 4.78 is 29.6. The molecule has 1 aliphatic rings. The number of rotatable bonds is 6. The van der Waals surface area contributed by atoms with E-state index in [-0.39, 0.29) is 17.7 Å². The number of sulfone groups is 1. The minimum atomic E-state index is -3.39. The van der Waals surface area contributed by atoms with E-state index in [0.29, 0.717) is 31.1 Å². The molecule has 0 unspecified atom stereocenters. The average Bonchev–Trinajstić information content (AvgIpc) is 2.99. The van der Waals surface area contributed by atoms with Crippen molar-refractivity contribution in [3.05, 3.63) is 36.2 Å². The van der Waals surface area contributed by atoms with Crippen LogP contribution in [0.15, 0.2) is 34.9 Å². The zero-order valence-corrected chi connectivity index (χ0v) is 16.3. The first-order valence-electron chi connectivity index (χ1n) is 9.39. The lowest BCUT2D eigenvalue weighted by Crippen LogP contribution is -2.39. The molecule has 1 aromatic carbocycles. The maximum Gasteiger partial charge on any atom is 0.257 e. The number of aromatic nitrogens is 2. The number of likely N-dealkylation sites (tertiary alicyclic amines) is 1. The molecule has 1 amide bonds. The molecule has 1 aromatic heterocycles. The standard InChI is InChI=1S/C19H25N3O4S/c1-2-13-27(24,25)14-17(23)22-12-8-4-7-11-16(22)18-20-19(26-21-18)15-9-5-3-6-10-15/h3,5-6,9-10,16H,2,4,7-8,11-14H2,1H3/t16-/m1/s1. The van der Waals surface area contributed by atoms with Gasteiger partial charge >= 0.3 is 0 Å². The van der Waals surface area contributed by atoms with Crippen LogP contribution in [0.3, 0.4) is 0 Å². The Bertz CT molecular complexity index is 864. The van der Waals surface area contributed by atoms with Gasteiger partial charge in [-0.25, -0.2) is 8.42 Å². The van der Waals surface area contributed by atoms with Crippen molar-refractivity contribution in [3.8, 4) is 11.5 Å². The first-order chi connectivity index (χ1) is 13.0. The molecule has 1 aliphatic heterocycles. The Balaban J connectivity index is 1.83. The molecule has 1 saturated heterocycles. The minimum absolute atomic E-state index is 0.0254. The third-order valence-electron chi connectivity index (χ3n) is 4.69. The molecule has 0 aliphatic carbocycles. The molecular weight excluding hydrogens is 366 g/mol. The quantitative estimate of drug-likeness (QED) is 0.751. The fourth-order valence-electron chi connectivity index (χ4n) is 3.40. The predicted molar refractivity (Wildman–Crippen MR) is 102 cm³/mol. The fourth-order valence-corrected chi connectivity index (χ4v) is 4.71. The van der Waals surface area contributed by atoms with Crippen LogP contribution in [-0.2, 0) is 14.6 Å². The Morgan fingerprint density at radius 3 is 2.74 bits per heavy atom. The van der Waals surface area contributed by atoms with Gasteiger partial charge in [-0.2, -0.15) is 4.98 Å². The highest BCUT2D eigenvalue weighted by atomic mass is 32.2. The molecule has 7 nitrogen and oxygen atoms in total. The smallest absolute Gasteiger partial charge is 0.257 e. The zero-order chi connectivity index (χ0) is 19.3. The van der Waals surface area contributed by atoms with Crippen LogP contribution in [0.2, 0.25) is 0 Å². The van der Waals surface area contributed by atoms with Crippen molar-refractivity contribution in [2.45, 2.75) is 45.1 Å².